The molecule has 2 aromatic rings. The van der Waals surface area contributed by atoms with E-state index in [1.807, 2.05) is 34.6 Å². The van der Waals surface area contributed by atoms with Gasteiger partial charge in [0.25, 0.3) is 0 Å². The first kappa shape index (κ1) is 55.7. The van der Waals surface area contributed by atoms with Crippen molar-refractivity contribution in [3.05, 3.63) is 44.5 Å². The van der Waals surface area contributed by atoms with Crippen molar-refractivity contribution in [2.75, 3.05) is 0 Å². The summed E-state index contributed by atoms with van der Waals surface area (Å²) < 4.78 is 20.9. The Morgan fingerprint density at radius 2 is 0.864 bits per heavy atom. The Balaban J connectivity index is 1.48. The van der Waals surface area contributed by atoms with E-state index in [-0.39, 0.29) is 18.3 Å². The molecule has 6 nitrogen and oxygen atoms in total. The monoisotopic (exact) mass is 917 g/mol. The molecule has 0 radical (unpaired) electrons. The molecule has 2 heterocycles. The summed E-state index contributed by atoms with van der Waals surface area (Å²) in [6.07, 6.45) is 22.4. The first-order chi connectivity index (χ1) is 31.0. The standard InChI is InChI=1S/C60H100O6/c1-38(2)23-17-25-40(5)27-19-29-42(7)31-21-33-59(15)50(35-51-48(13)55(62)44(9)46(11)57(51)65-59)36-54(61)64-53-37-52-49(14)56(63)45(10)47(12)58(52)66-60(53,16)34-22-32-43(8)30-20-28-41(6)26-18-24-39(3)4/h38-43,50,53,62-63H,17-37H2,1-16H3/t40-,41-,42+,43+,50?,53?,59-,60-/m0/s1. The van der Waals surface area contributed by atoms with Crippen molar-refractivity contribution in [2.24, 2.45) is 41.4 Å². The minimum Gasteiger partial charge on any atom is -0.507 e. The lowest BCUT2D eigenvalue weighted by molar-refractivity contribution is -0.167. The number of phenols is 2. The maximum atomic E-state index is 14.6. The number of fused-ring (bicyclic) bond motifs is 2. The SMILES string of the molecule is Cc1c(C)c2c(c(C)c1O)CC(CC(=O)OC1Cc3c(C)c(O)c(C)c(C)c3O[C@@]1(C)CCC[C@H](C)CCC[C@@H](C)CCCC(C)C)[C@](C)(CCC[C@H](C)CCC[C@@H](C)CCCC(C)C)O2. The number of hydrogen-bond donors (Lipinski definition) is 2. The van der Waals surface area contributed by atoms with Gasteiger partial charge in [-0.2, -0.15) is 0 Å². The summed E-state index contributed by atoms with van der Waals surface area (Å²) in [7, 11) is 0. The van der Waals surface area contributed by atoms with Crippen LogP contribution >= 0.6 is 0 Å². The number of carbonyl (C=O) groups is 1. The van der Waals surface area contributed by atoms with E-state index >= 15 is 0 Å². The minimum absolute atomic E-state index is 0.128. The van der Waals surface area contributed by atoms with Crippen LogP contribution in [-0.4, -0.2) is 33.5 Å². The molecular formula is C60H100O6. The van der Waals surface area contributed by atoms with Crippen LogP contribution in [0.15, 0.2) is 0 Å². The molecule has 0 aromatic heterocycles. The normalized spacial score (nSPS) is 22.3. The first-order valence-corrected chi connectivity index (χ1v) is 27.2. The molecular weight excluding hydrogens is 817 g/mol. The van der Waals surface area contributed by atoms with Gasteiger partial charge in [0.1, 0.15) is 40.3 Å². The molecule has 0 saturated heterocycles. The van der Waals surface area contributed by atoms with E-state index in [9.17, 15) is 15.0 Å². The highest BCUT2D eigenvalue weighted by molar-refractivity contribution is 5.71. The van der Waals surface area contributed by atoms with Crippen LogP contribution in [0.4, 0.5) is 0 Å². The van der Waals surface area contributed by atoms with E-state index in [0.29, 0.717) is 36.2 Å². The molecule has 0 fully saturated rings. The molecule has 0 spiro atoms. The number of phenolic OH excluding ortho intramolecular Hbond substituents is 2. The third-order valence-electron chi connectivity index (χ3n) is 16.9. The predicted molar refractivity (Wildman–Crippen MR) is 278 cm³/mol. The minimum atomic E-state index is -0.716. The highest BCUT2D eigenvalue weighted by atomic mass is 16.6. The zero-order chi connectivity index (χ0) is 49.1. The van der Waals surface area contributed by atoms with Gasteiger partial charge in [0.2, 0.25) is 0 Å². The molecule has 0 aliphatic carbocycles. The summed E-state index contributed by atoms with van der Waals surface area (Å²) in [6.45, 7) is 35.2. The smallest absolute Gasteiger partial charge is 0.306 e. The average molecular weight is 917 g/mol. The van der Waals surface area contributed by atoms with Crippen LogP contribution in [0.1, 0.15) is 236 Å². The molecule has 6 heteroatoms. The fraction of sp³-hybridized carbons (Fsp3) is 0.783. The molecule has 2 N–H and O–H groups in total. The molecule has 376 valence electrons. The number of ether oxygens (including phenoxy) is 3. The highest BCUT2D eigenvalue weighted by Gasteiger charge is 2.47. The maximum Gasteiger partial charge on any atom is 0.306 e. The van der Waals surface area contributed by atoms with Gasteiger partial charge in [-0.3, -0.25) is 4.79 Å². The van der Waals surface area contributed by atoms with Gasteiger partial charge in [-0.05, 0) is 156 Å². The molecule has 0 saturated carbocycles. The second-order valence-corrected chi connectivity index (χ2v) is 23.9. The van der Waals surface area contributed by atoms with Crippen molar-refractivity contribution in [2.45, 2.75) is 263 Å². The molecule has 2 unspecified atom stereocenters. The van der Waals surface area contributed by atoms with Crippen LogP contribution < -0.4 is 9.47 Å². The van der Waals surface area contributed by atoms with Gasteiger partial charge in [-0.1, -0.05) is 145 Å². The Labute approximate surface area is 405 Å². The van der Waals surface area contributed by atoms with E-state index in [4.69, 9.17) is 14.2 Å². The fourth-order valence-electron chi connectivity index (χ4n) is 11.5. The Kier molecular flexibility index (Phi) is 21.2. The molecule has 4 rings (SSSR count). The molecule has 0 bridgehead atoms. The van der Waals surface area contributed by atoms with Crippen molar-refractivity contribution < 1.29 is 29.2 Å². The van der Waals surface area contributed by atoms with E-state index in [1.54, 1.807) is 0 Å². The number of carbonyl (C=O) groups excluding carboxylic acids is 1. The second kappa shape index (κ2) is 25.1. The Bertz CT molecular complexity index is 1730. The van der Waals surface area contributed by atoms with Crippen LogP contribution in [0.2, 0.25) is 0 Å². The summed E-state index contributed by atoms with van der Waals surface area (Å²) in [5, 5.41) is 22.3. The lowest BCUT2D eigenvalue weighted by Crippen LogP contribution is -2.52. The highest BCUT2D eigenvalue weighted by Crippen LogP contribution is 2.49. The largest absolute Gasteiger partial charge is 0.507 e. The fourth-order valence-corrected chi connectivity index (χ4v) is 11.5. The van der Waals surface area contributed by atoms with E-state index in [2.05, 4.69) is 76.2 Å². The number of rotatable bonds is 27. The molecule has 2 aliphatic heterocycles. The van der Waals surface area contributed by atoms with Gasteiger partial charge < -0.3 is 24.4 Å². The number of aromatic hydroxyl groups is 2. The zero-order valence-electron chi connectivity index (χ0n) is 45.5. The first-order valence-electron chi connectivity index (χ1n) is 27.2. The van der Waals surface area contributed by atoms with Crippen LogP contribution in [-0.2, 0) is 22.4 Å². The molecule has 2 aliphatic rings. The van der Waals surface area contributed by atoms with E-state index in [1.165, 1.54) is 77.0 Å². The summed E-state index contributed by atoms with van der Waals surface area (Å²) in [5.74, 6) is 6.39. The van der Waals surface area contributed by atoms with Gasteiger partial charge in [0.05, 0.1) is 6.42 Å². The molecule has 66 heavy (non-hydrogen) atoms. The van der Waals surface area contributed by atoms with Crippen molar-refractivity contribution in [3.63, 3.8) is 0 Å². The second-order valence-electron chi connectivity index (χ2n) is 23.9. The van der Waals surface area contributed by atoms with Gasteiger partial charge in [-0.15, -0.1) is 0 Å². The van der Waals surface area contributed by atoms with Gasteiger partial charge in [-0.25, -0.2) is 0 Å². The van der Waals surface area contributed by atoms with Crippen molar-refractivity contribution >= 4 is 5.97 Å². The molecule has 2 aromatic carbocycles. The lowest BCUT2D eigenvalue weighted by Gasteiger charge is -2.45. The third-order valence-corrected chi connectivity index (χ3v) is 16.9. The van der Waals surface area contributed by atoms with Crippen molar-refractivity contribution in [3.8, 4) is 23.0 Å². The van der Waals surface area contributed by atoms with Crippen LogP contribution in [0.5, 0.6) is 23.0 Å². The number of benzene rings is 2. The van der Waals surface area contributed by atoms with Crippen molar-refractivity contribution in [1.29, 1.82) is 0 Å². The van der Waals surface area contributed by atoms with Crippen molar-refractivity contribution in [1.82, 2.24) is 0 Å². The van der Waals surface area contributed by atoms with Crippen LogP contribution in [0, 0.1) is 83.0 Å². The zero-order valence-corrected chi connectivity index (χ0v) is 45.5. The van der Waals surface area contributed by atoms with Gasteiger partial charge in [0.15, 0.2) is 0 Å². The lowest BCUT2D eigenvalue weighted by atomic mass is 9.74. The summed E-state index contributed by atoms with van der Waals surface area (Å²) >= 11 is 0. The van der Waals surface area contributed by atoms with Crippen LogP contribution in [0.3, 0.4) is 0 Å². The van der Waals surface area contributed by atoms with E-state index in [0.717, 1.165) is 118 Å². The Morgan fingerprint density at radius 3 is 1.27 bits per heavy atom. The predicted octanol–water partition coefficient (Wildman–Crippen LogP) is 16.8. The summed E-state index contributed by atoms with van der Waals surface area (Å²) in [6, 6.07) is 0. The van der Waals surface area contributed by atoms with Gasteiger partial charge in [0, 0.05) is 23.5 Å². The average Bonchev–Trinajstić information content (AvgIpc) is 3.24. The molecule has 0 amide bonds. The number of esters is 1. The summed E-state index contributed by atoms with van der Waals surface area (Å²) in [5.41, 5.74) is 5.95. The van der Waals surface area contributed by atoms with E-state index < -0.39 is 17.3 Å². The Morgan fingerprint density at radius 1 is 0.515 bits per heavy atom. The molecule has 8 atom stereocenters. The summed E-state index contributed by atoms with van der Waals surface area (Å²) in [4.78, 5) is 14.6. The quantitative estimate of drug-likeness (QED) is 0.0869. The topological polar surface area (TPSA) is 85.2 Å². The van der Waals surface area contributed by atoms with Crippen LogP contribution in [0.25, 0.3) is 0 Å². The van der Waals surface area contributed by atoms with Gasteiger partial charge >= 0.3 is 5.97 Å². The third kappa shape index (κ3) is 15.1. The number of hydrogen-bond acceptors (Lipinski definition) is 6. The Hall–Kier alpha value is -2.89. The maximum absolute atomic E-state index is 14.6.